The van der Waals surface area contributed by atoms with Crippen molar-refractivity contribution in [3.05, 3.63) is 167 Å². The van der Waals surface area contributed by atoms with Gasteiger partial charge in [-0.25, -0.2) is 4.98 Å². The van der Waals surface area contributed by atoms with Crippen molar-refractivity contribution in [1.82, 2.24) is 9.55 Å². The van der Waals surface area contributed by atoms with Crippen LogP contribution >= 0.6 is 0 Å². The number of hydrogen-bond donors (Lipinski definition) is 0. The molecule has 0 radical (unpaired) electrons. The first kappa shape index (κ1) is 42.9. The van der Waals surface area contributed by atoms with E-state index in [4.69, 9.17) is 9.72 Å². The number of ether oxygens (including phenoxy) is 1. The van der Waals surface area contributed by atoms with Crippen LogP contribution in [0.3, 0.4) is 0 Å². The third-order valence-corrected chi connectivity index (χ3v) is 12.8. The molecule has 1 aliphatic heterocycles. The Morgan fingerprint density at radius 3 is 1.65 bits per heavy atom. The Bertz CT molecular complexity index is 2810. The summed E-state index contributed by atoms with van der Waals surface area (Å²) in [6.07, 6.45) is 6.36. The molecule has 5 heteroatoms. The number of rotatable bonds is 7. The maximum atomic E-state index is 6.93. The number of hydrogen-bond acceptors (Lipinski definition) is 4. The molecule has 3 heterocycles. The molecule has 0 saturated carbocycles. The first-order chi connectivity index (χ1) is 29.0. The van der Waals surface area contributed by atoms with Gasteiger partial charge in [0, 0.05) is 58.3 Å². The summed E-state index contributed by atoms with van der Waals surface area (Å²) in [5.74, 6) is 2.50. The summed E-state index contributed by atoms with van der Waals surface area (Å²) in [6.45, 7) is 32.7. The van der Waals surface area contributed by atoms with Crippen LogP contribution in [0.1, 0.15) is 130 Å². The number of pyridine rings is 1. The second-order valence-electron chi connectivity index (χ2n) is 22.1. The fraction of sp³-hybridized carbons (Fsp3) is 0.351. The lowest BCUT2D eigenvalue weighted by Gasteiger charge is -2.31. The van der Waals surface area contributed by atoms with E-state index >= 15 is 0 Å². The van der Waals surface area contributed by atoms with E-state index in [0.29, 0.717) is 6.67 Å². The molecule has 0 fully saturated rings. The molecule has 0 aliphatic carbocycles. The zero-order valence-corrected chi connectivity index (χ0v) is 39.6. The van der Waals surface area contributed by atoms with Gasteiger partial charge in [0.15, 0.2) is 0 Å². The summed E-state index contributed by atoms with van der Waals surface area (Å²) in [5, 5.41) is 2.40. The Labute approximate surface area is 371 Å². The number of benzene rings is 5. The minimum atomic E-state index is -0.159. The van der Waals surface area contributed by atoms with Crippen LogP contribution in [-0.4, -0.2) is 16.2 Å². The summed E-state index contributed by atoms with van der Waals surface area (Å²) in [5.41, 5.74) is 12.0. The highest BCUT2D eigenvalue weighted by atomic mass is 16.5. The Hall–Kier alpha value is -5.81. The first-order valence-electron chi connectivity index (χ1n) is 22.3. The van der Waals surface area contributed by atoms with Crippen molar-refractivity contribution < 1.29 is 4.74 Å². The second kappa shape index (κ2) is 15.2. The van der Waals surface area contributed by atoms with Crippen LogP contribution in [0.5, 0.6) is 11.5 Å². The minimum absolute atomic E-state index is 0.00630. The molecule has 8 rings (SSSR count). The van der Waals surface area contributed by atoms with E-state index in [1.807, 2.05) is 6.20 Å². The van der Waals surface area contributed by atoms with Crippen LogP contribution in [-0.2, 0) is 27.1 Å². The normalized spacial score (nSPS) is 14.1. The Morgan fingerprint density at radius 2 is 1.02 bits per heavy atom. The third kappa shape index (κ3) is 8.39. The number of aromatic nitrogens is 2. The molecule has 62 heavy (non-hydrogen) atoms. The van der Waals surface area contributed by atoms with E-state index in [0.717, 1.165) is 34.0 Å². The largest absolute Gasteiger partial charge is 0.457 e. The maximum Gasteiger partial charge on any atom is 0.137 e. The van der Waals surface area contributed by atoms with Crippen LogP contribution in [0.25, 0.3) is 27.6 Å². The molecule has 0 unspecified atom stereocenters. The molecule has 0 saturated heterocycles. The van der Waals surface area contributed by atoms with Crippen molar-refractivity contribution in [2.75, 3.05) is 16.5 Å². The number of fused-ring (bicyclic) bond motifs is 3. The average Bonchev–Trinajstić information content (AvgIpc) is 3.83. The van der Waals surface area contributed by atoms with Gasteiger partial charge in [-0.1, -0.05) is 139 Å². The second-order valence-corrected chi connectivity index (χ2v) is 22.1. The van der Waals surface area contributed by atoms with Crippen molar-refractivity contribution >= 4 is 33.2 Å². The lowest BCUT2D eigenvalue weighted by molar-refractivity contribution is 0.479. The summed E-state index contributed by atoms with van der Waals surface area (Å²) >= 11 is 0. The van der Waals surface area contributed by atoms with Crippen LogP contribution in [0.15, 0.2) is 134 Å². The molecule has 0 N–H and O–H groups in total. The van der Waals surface area contributed by atoms with Gasteiger partial charge in [0.1, 0.15) is 17.3 Å². The molecule has 1 aliphatic rings. The monoisotopic (exact) mass is 823 g/mol. The lowest BCUT2D eigenvalue weighted by Crippen LogP contribution is -2.27. The Balaban J connectivity index is 1.17. The topological polar surface area (TPSA) is 33.5 Å². The third-order valence-electron chi connectivity index (χ3n) is 12.8. The molecule has 5 aromatic carbocycles. The molecule has 0 bridgehead atoms. The molecular formula is C57H66N4O. The highest BCUT2D eigenvalue weighted by molar-refractivity contribution is 6.09. The maximum absolute atomic E-state index is 6.93. The predicted molar refractivity (Wildman–Crippen MR) is 264 cm³/mol. The zero-order valence-electron chi connectivity index (χ0n) is 39.6. The van der Waals surface area contributed by atoms with E-state index < -0.39 is 0 Å². The highest BCUT2D eigenvalue weighted by Gasteiger charge is 2.29. The van der Waals surface area contributed by atoms with E-state index in [1.54, 1.807) is 0 Å². The van der Waals surface area contributed by atoms with Crippen LogP contribution in [0.4, 0.5) is 11.4 Å². The summed E-state index contributed by atoms with van der Waals surface area (Å²) in [6, 6.07) is 42.5. The van der Waals surface area contributed by atoms with Gasteiger partial charge in [0.2, 0.25) is 0 Å². The van der Waals surface area contributed by atoms with E-state index in [2.05, 4.69) is 239 Å². The zero-order chi connectivity index (χ0) is 44.6. The highest BCUT2D eigenvalue weighted by Crippen LogP contribution is 2.42. The molecule has 0 amide bonds. The van der Waals surface area contributed by atoms with Crippen LogP contribution in [0.2, 0.25) is 0 Å². The molecule has 320 valence electrons. The van der Waals surface area contributed by atoms with E-state index in [9.17, 15) is 0 Å². The lowest BCUT2D eigenvalue weighted by atomic mass is 9.75. The molecule has 0 spiro atoms. The molecule has 7 aromatic rings. The van der Waals surface area contributed by atoms with Crippen molar-refractivity contribution in [1.29, 1.82) is 0 Å². The number of nitrogens with zero attached hydrogens (tertiary/aromatic N) is 4. The SMILES string of the molecule is CC(C)(C)c1cc(Oc2ccc3c4cc(C(C)(C)C)ccc4n(-c4cc(C(C)(C)C)ccn4)c3c2)cc(N2C=CN(c3cc(C(C)(C)C)cc(C(C)(C)c4ccccc4)c3)C2)c1. The average molecular weight is 823 g/mol. The smallest absolute Gasteiger partial charge is 0.137 e. The Kier molecular flexibility index (Phi) is 10.5. The van der Waals surface area contributed by atoms with Crippen LogP contribution < -0.4 is 14.5 Å². The van der Waals surface area contributed by atoms with Gasteiger partial charge in [0.05, 0.1) is 17.7 Å². The molecule has 0 atom stereocenters. The number of anilines is 2. The predicted octanol–water partition coefficient (Wildman–Crippen LogP) is 15.2. The van der Waals surface area contributed by atoms with Crippen molar-refractivity contribution in [2.24, 2.45) is 0 Å². The molecule has 5 nitrogen and oxygen atoms in total. The van der Waals surface area contributed by atoms with Gasteiger partial charge in [-0.15, -0.1) is 0 Å². The standard InChI is InChI=1S/C57H66N4O/c1-53(2,3)39-20-23-50-49(33-39)48-22-21-46(36-51(48)61(50)52-34-40(24-25-58-52)54(4,5)6)62-47-32-42(56(10,11)12)30-45(35-47)60-27-26-59(37-60)44-29-41(55(7,8)9)28-43(31-44)57(13,14)38-18-16-15-17-19-38/h15-36H,37H2,1-14H3. The van der Waals surface area contributed by atoms with Crippen LogP contribution in [0, 0.1) is 0 Å². The molecular weight excluding hydrogens is 757 g/mol. The van der Waals surface area contributed by atoms with Gasteiger partial charge >= 0.3 is 0 Å². The fourth-order valence-corrected chi connectivity index (χ4v) is 8.51. The molecule has 2 aromatic heterocycles. The van der Waals surface area contributed by atoms with E-state index in [1.165, 1.54) is 49.8 Å². The summed E-state index contributed by atoms with van der Waals surface area (Å²) in [7, 11) is 0. The van der Waals surface area contributed by atoms with Gasteiger partial charge in [-0.3, -0.25) is 4.57 Å². The van der Waals surface area contributed by atoms with Crippen molar-refractivity contribution in [2.45, 2.75) is 124 Å². The fourth-order valence-electron chi connectivity index (χ4n) is 8.51. The quantitative estimate of drug-likeness (QED) is 0.160. The van der Waals surface area contributed by atoms with Crippen molar-refractivity contribution in [3.8, 4) is 17.3 Å². The summed E-state index contributed by atoms with van der Waals surface area (Å²) < 4.78 is 9.23. The minimum Gasteiger partial charge on any atom is -0.457 e. The first-order valence-corrected chi connectivity index (χ1v) is 22.3. The van der Waals surface area contributed by atoms with Gasteiger partial charge < -0.3 is 14.5 Å². The Morgan fingerprint density at radius 1 is 0.435 bits per heavy atom. The van der Waals surface area contributed by atoms with Gasteiger partial charge in [0.25, 0.3) is 0 Å². The van der Waals surface area contributed by atoms with E-state index in [-0.39, 0.29) is 27.1 Å². The van der Waals surface area contributed by atoms with Gasteiger partial charge in [-0.2, -0.15) is 0 Å². The van der Waals surface area contributed by atoms with Crippen molar-refractivity contribution in [3.63, 3.8) is 0 Å². The summed E-state index contributed by atoms with van der Waals surface area (Å²) in [4.78, 5) is 9.65. The van der Waals surface area contributed by atoms with Gasteiger partial charge in [-0.05, 0) is 116 Å².